The van der Waals surface area contributed by atoms with Crippen LogP contribution in [0.25, 0.3) is 0 Å². The van der Waals surface area contributed by atoms with E-state index < -0.39 is 6.10 Å². The third kappa shape index (κ3) is 5.07. The molecule has 0 saturated heterocycles. The average Bonchev–Trinajstić information content (AvgIpc) is 2.45. The van der Waals surface area contributed by atoms with Crippen molar-refractivity contribution in [2.45, 2.75) is 18.3 Å². The zero-order valence-electron chi connectivity index (χ0n) is 11.0. The van der Waals surface area contributed by atoms with Crippen molar-refractivity contribution in [3.63, 3.8) is 0 Å². The second-order valence-electron chi connectivity index (χ2n) is 4.40. The summed E-state index contributed by atoms with van der Waals surface area (Å²) in [6.07, 6.45) is -0.401. The minimum atomic E-state index is -0.401. The summed E-state index contributed by atoms with van der Waals surface area (Å²) >= 11 is 0.299. The van der Waals surface area contributed by atoms with Crippen LogP contribution in [0.5, 0.6) is 5.75 Å². The van der Waals surface area contributed by atoms with Crippen molar-refractivity contribution in [3.05, 3.63) is 60.2 Å². The molecule has 100 valence electrons. The number of ether oxygens (including phenoxy) is 1. The fourth-order valence-electron chi connectivity index (χ4n) is 1.58. The predicted molar refractivity (Wildman–Crippen MR) is 79.3 cm³/mol. The topological polar surface area (TPSA) is 29.5 Å². The molecule has 3 heteroatoms. The van der Waals surface area contributed by atoms with Crippen LogP contribution in [0.3, 0.4) is 0 Å². The second kappa shape index (κ2) is 7.34. The van der Waals surface area contributed by atoms with Gasteiger partial charge in [-0.3, -0.25) is 0 Å². The first-order valence-corrected chi connectivity index (χ1v) is 8.36. The van der Waals surface area contributed by atoms with E-state index in [2.05, 4.69) is 31.2 Å². The standard InChI is InChI=1S/C16H18O2Se/c1-13-7-9-16(10-8-13)19-12-14(17)11-18-15-5-3-2-4-6-15/h2-10,14,17H,11-12H2,1H3. The van der Waals surface area contributed by atoms with Crippen LogP contribution < -0.4 is 9.20 Å². The van der Waals surface area contributed by atoms with Gasteiger partial charge in [-0.1, -0.05) is 0 Å². The van der Waals surface area contributed by atoms with E-state index in [0.29, 0.717) is 21.6 Å². The Kier molecular flexibility index (Phi) is 5.46. The van der Waals surface area contributed by atoms with E-state index in [1.54, 1.807) is 0 Å². The van der Waals surface area contributed by atoms with E-state index >= 15 is 0 Å². The van der Waals surface area contributed by atoms with E-state index in [9.17, 15) is 5.11 Å². The molecule has 1 atom stereocenters. The fraction of sp³-hybridized carbons (Fsp3) is 0.250. The van der Waals surface area contributed by atoms with Crippen molar-refractivity contribution < 1.29 is 9.84 Å². The van der Waals surface area contributed by atoms with Gasteiger partial charge in [-0.05, 0) is 0 Å². The van der Waals surface area contributed by atoms with E-state index in [0.717, 1.165) is 11.1 Å². The Hall–Kier alpha value is -1.28. The van der Waals surface area contributed by atoms with Crippen LogP contribution in [-0.4, -0.2) is 32.8 Å². The summed E-state index contributed by atoms with van der Waals surface area (Å²) in [5.74, 6) is 0.810. The van der Waals surface area contributed by atoms with Crippen LogP contribution in [0.1, 0.15) is 5.56 Å². The van der Waals surface area contributed by atoms with E-state index in [4.69, 9.17) is 4.74 Å². The molecule has 0 heterocycles. The number of para-hydroxylation sites is 1. The van der Waals surface area contributed by atoms with Crippen molar-refractivity contribution in [1.29, 1.82) is 0 Å². The summed E-state index contributed by atoms with van der Waals surface area (Å²) in [5, 5.41) is 10.7. The summed E-state index contributed by atoms with van der Waals surface area (Å²) < 4.78 is 6.85. The average molecular weight is 321 g/mol. The molecule has 0 aliphatic rings. The van der Waals surface area contributed by atoms with Crippen LogP contribution in [0.4, 0.5) is 0 Å². The molecule has 0 amide bonds. The molecule has 1 unspecified atom stereocenters. The normalized spacial score (nSPS) is 12.1. The molecule has 2 aromatic carbocycles. The molecule has 2 rings (SSSR count). The van der Waals surface area contributed by atoms with Gasteiger partial charge in [-0.2, -0.15) is 0 Å². The minimum absolute atomic E-state index is 0.299. The summed E-state index contributed by atoms with van der Waals surface area (Å²) in [6, 6.07) is 18.1. The summed E-state index contributed by atoms with van der Waals surface area (Å²) in [7, 11) is 0. The number of aliphatic hydroxyl groups excluding tert-OH is 1. The fourth-order valence-corrected chi connectivity index (χ4v) is 3.28. The van der Waals surface area contributed by atoms with E-state index in [1.165, 1.54) is 10.0 Å². The maximum absolute atomic E-state index is 9.92. The molecular formula is C16H18O2Se. The van der Waals surface area contributed by atoms with Crippen molar-refractivity contribution in [2.24, 2.45) is 0 Å². The Bertz CT molecular complexity index is 482. The quantitative estimate of drug-likeness (QED) is 0.827. The Morgan fingerprint density at radius 2 is 1.74 bits per heavy atom. The second-order valence-corrected chi connectivity index (χ2v) is 6.70. The number of hydrogen-bond donors (Lipinski definition) is 1. The first-order valence-electron chi connectivity index (χ1n) is 6.29. The van der Waals surface area contributed by atoms with Gasteiger partial charge >= 0.3 is 120 Å². The zero-order valence-corrected chi connectivity index (χ0v) is 12.7. The van der Waals surface area contributed by atoms with E-state index in [-0.39, 0.29) is 0 Å². The van der Waals surface area contributed by atoms with Gasteiger partial charge in [0.15, 0.2) is 0 Å². The molecule has 0 aliphatic heterocycles. The summed E-state index contributed by atoms with van der Waals surface area (Å²) in [6.45, 7) is 2.44. The van der Waals surface area contributed by atoms with Gasteiger partial charge in [0.05, 0.1) is 0 Å². The van der Waals surface area contributed by atoms with Crippen LogP contribution in [-0.2, 0) is 0 Å². The molecule has 2 nitrogen and oxygen atoms in total. The molecule has 0 saturated carbocycles. The van der Waals surface area contributed by atoms with Crippen molar-refractivity contribution in [1.82, 2.24) is 0 Å². The van der Waals surface area contributed by atoms with Gasteiger partial charge < -0.3 is 0 Å². The number of aryl methyl sites for hydroxylation is 1. The SMILES string of the molecule is Cc1ccc([Se]CC(O)COc2ccccc2)cc1. The molecule has 1 N–H and O–H groups in total. The third-order valence-electron chi connectivity index (χ3n) is 2.65. The Balaban J connectivity index is 1.72. The van der Waals surface area contributed by atoms with Gasteiger partial charge in [0, 0.05) is 0 Å². The number of benzene rings is 2. The number of aliphatic hydroxyl groups is 1. The molecule has 0 bridgehead atoms. The van der Waals surface area contributed by atoms with Gasteiger partial charge in [0.2, 0.25) is 0 Å². The zero-order chi connectivity index (χ0) is 13.5. The molecule has 0 radical (unpaired) electrons. The molecular weight excluding hydrogens is 303 g/mol. The molecule has 0 aromatic heterocycles. The van der Waals surface area contributed by atoms with Crippen molar-refractivity contribution in [2.75, 3.05) is 6.61 Å². The number of rotatable bonds is 6. The third-order valence-corrected chi connectivity index (χ3v) is 5.08. The van der Waals surface area contributed by atoms with Crippen LogP contribution in [0.15, 0.2) is 54.6 Å². The van der Waals surface area contributed by atoms with Crippen molar-refractivity contribution >= 4 is 19.4 Å². The first kappa shape index (κ1) is 14.1. The van der Waals surface area contributed by atoms with Gasteiger partial charge in [-0.15, -0.1) is 0 Å². The van der Waals surface area contributed by atoms with Crippen LogP contribution in [0.2, 0.25) is 5.32 Å². The molecule has 0 fully saturated rings. The summed E-state index contributed by atoms with van der Waals surface area (Å²) in [4.78, 5) is 0. The Morgan fingerprint density at radius 3 is 2.42 bits per heavy atom. The molecule has 0 spiro atoms. The van der Waals surface area contributed by atoms with E-state index in [1.807, 2.05) is 30.3 Å². The van der Waals surface area contributed by atoms with Gasteiger partial charge in [-0.25, -0.2) is 0 Å². The maximum atomic E-state index is 9.92. The van der Waals surface area contributed by atoms with Crippen LogP contribution in [0, 0.1) is 6.92 Å². The molecule has 19 heavy (non-hydrogen) atoms. The van der Waals surface area contributed by atoms with Crippen molar-refractivity contribution in [3.8, 4) is 5.75 Å². The van der Waals surface area contributed by atoms with Crippen LogP contribution >= 0.6 is 0 Å². The van der Waals surface area contributed by atoms with Gasteiger partial charge in [0.1, 0.15) is 0 Å². The first-order chi connectivity index (χ1) is 9.24. The Labute approximate surface area is 120 Å². The molecule has 2 aromatic rings. The monoisotopic (exact) mass is 322 g/mol. The Morgan fingerprint density at radius 1 is 1.05 bits per heavy atom. The predicted octanol–water partition coefficient (Wildman–Crippen LogP) is 2.18. The number of hydrogen-bond acceptors (Lipinski definition) is 2. The summed E-state index contributed by atoms with van der Waals surface area (Å²) in [5.41, 5.74) is 1.27. The molecule has 0 aliphatic carbocycles. The van der Waals surface area contributed by atoms with Gasteiger partial charge in [0.25, 0.3) is 0 Å².